The lowest BCUT2D eigenvalue weighted by Gasteiger charge is -2.29. The van der Waals surface area contributed by atoms with Gasteiger partial charge in [-0.05, 0) is 71.6 Å². The van der Waals surface area contributed by atoms with E-state index in [2.05, 4.69) is 26.6 Å². The number of aryl methyl sites for hydroxylation is 1. The van der Waals surface area contributed by atoms with Gasteiger partial charge in [0.15, 0.2) is 0 Å². The number of amides is 3. The molecule has 2 heterocycles. The van der Waals surface area contributed by atoms with Crippen molar-refractivity contribution >= 4 is 50.7 Å². The number of benzene rings is 1. The largest absolute Gasteiger partial charge is 0.378 e. The number of hydrogen-bond donors (Lipinski definition) is 2. The van der Waals surface area contributed by atoms with Crippen LogP contribution < -0.4 is 10.6 Å². The monoisotopic (exact) mass is 519 g/mol. The van der Waals surface area contributed by atoms with Crippen LogP contribution >= 0.6 is 27.3 Å². The normalized spacial score (nSPS) is 17.8. The molecule has 9 heteroatoms. The number of hydrogen-bond acceptors (Lipinski definition) is 5. The van der Waals surface area contributed by atoms with Gasteiger partial charge in [0.25, 0.3) is 11.8 Å². The van der Waals surface area contributed by atoms with E-state index in [1.165, 1.54) is 11.3 Å². The van der Waals surface area contributed by atoms with Gasteiger partial charge < -0.3 is 20.3 Å². The van der Waals surface area contributed by atoms with Crippen LogP contribution in [0.15, 0.2) is 34.1 Å². The van der Waals surface area contributed by atoms with Crippen molar-refractivity contribution in [1.82, 2.24) is 10.2 Å². The highest BCUT2D eigenvalue weighted by atomic mass is 79.9. The molecule has 7 nitrogen and oxygen atoms in total. The Hall–Kier alpha value is -2.23. The highest BCUT2D eigenvalue weighted by Crippen LogP contribution is 2.32. The summed E-state index contributed by atoms with van der Waals surface area (Å²) in [5, 5.41) is 5.96. The Morgan fingerprint density at radius 2 is 1.81 bits per heavy atom. The standard InChI is InChI=1S/C23H26BrN3O4S/c1-15-14-16(4-5-17(15)21(29)27-10-12-31-13-11-27)25-22(30)23(8-2-3-9-23)26-20(28)18-6-7-19(24)32-18/h4-7,14H,2-3,8-13H2,1H3,(H,25,30)(H,26,28). The molecule has 170 valence electrons. The molecule has 1 aromatic heterocycles. The number of nitrogens with one attached hydrogen (secondary N) is 2. The van der Waals surface area contributed by atoms with E-state index in [0.717, 1.165) is 22.2 Å². The minimum absolute atomic E-state index is 0.0229. The Balaban J connectivity index is 1.47. The molecule has 1 saturated heterocycles. The average Bonchev–Trinajstić information content (AvgIpc) is 3.44. The van der Waals surface area contributed by atoms with Crippen molar-refractivity contribution < 1.29 is 19.1 Å². The number of morpholine rings is 1. The fourth-order valence-electron chi connectivity index (χ4n) is 4.27. The van der Waals surface area contributed by atoms with E-state index in [9.17, 15) is 14.4 Å². The molecule has 0 atom stereocenters. The Morgan fingerprint density at radius 3 is 2.44 bits per heavy atom. The number of rotatable bonds is 5. The lowest BCUT2D eigenvalue weighted by atomic mass is 9.95. The third kappa shape index (κ3) is 4.89. The molecule has 2 N–H and O–H groups in total. The molecule has 32 heavy (non-hydrogen) atoms. The van der Waals surface area contributed by atoms with Gasteiger partial charge in [-0.2, -0.15) is 0 Å². The summed E-state index contributed by atoms with van der Waals surface area (Å²) in [4.78, 5) is 41.2. The minimum atomic E-state index is -0.927. The topological polar surface area (TPSA) is 87.7 Å². The molecule has 1 aliphatic carbocycles. The van der Waals surface area contributed by atoms with Gasteiger partial charge in [-0.3, -0.25) is 14.4 Å². The van der Waals surface area contributed by atoms with Gasteiger partial charge >= 0.3 is 0 Å². The summed E-state index contributed by atoms with van der Waals surface area (Å²) in [6, 6.07) is 8.89. The summed E-state index contributed by atoms with van der Waals surface area (Å²) in [5.41, 5.74) is 1.11. The van der Waals surface area contributed by atoms with E-state index >= 15 is 0 Å². The van der Waals surface area contributed by atoms with Crippen LogP contribution in [0.4, 0.5) is 5.69 Å². The van der Waals surface area contributed by atoms with Gasteiger partial charge in [0.1, 0.15) is 5.54 Å². The summed E-state index contributed by atoms with van der Waals surface area (Å²) in [6.45, 7) is 4.13. The predicted octanol–water partition coefficient (Wildman–Crippen LogP) is 3.97. The highest BCUT2D eigenvalue weighted by Gasteiger charge is 2.42. The van der Waals surface area contributed by atoms with Crippen molar-refractivity contribution in [2.24, 2.45) is 0 Å². The smallest absolute Gasteiger partial charge is 0.262 e. The first-order valence-corrected chi connectivity index (χ1v) is 12.4. The molecule has 0 spiro atoms. The molecule has 0 radical (unpaired) electrons. The van der Waals surface area contributed by atoms with Crippen LogP contribution in [0.3, 0.4) is 0 Å². The van der Waals surface area contributed by atoms with E-state index in [4.69, 9.17) is 4.74 Å². The van der Waals surface area contributed by atoms with E-state index in [1.807, 2.05) is 19.1 Å². The number of halogens is 1. The highest BCUT2D eigenvalue weighted by molar-refractivity contribution is 9.11. The molecular formula is C23H26BrN3O4S. The Labute approximate surface area is 199 Å². The molecule has 2 aliphatic rings. The summed E-state index contributed by atoms with van der Waals surface area (Å²) >= 11 is 4.71. The van der Waals surface area contributed by atoms with Crippen molar-refractivity contribution in [2.45, 2.75) is 38.1 Å². The van der Waals surface area contributed by atoms with Crippen molar-refractivity contribution in [3.63, 3.8) is 0 Å². The van der Waals surface area contributed by atoms with Crippen molar-refractivity contribution in [3.8, 4) is 0 Å². The number of carbonyl (C=O) groups is 3. The molecular weight excluding hydrogens is 494 g/mol. The second kappa shape index (κ2) is 9.72. The molecule has 4 rings (SSSR count). The van der Waals surface area contributed by atoms with Crippen LogP contribution in [0.5, 0.6) is 0 Å². The maximum Gasteiger partial charge on any atom is 0.262 e. The summed E-state index contributed by atoms with van der Waals surface area (Å²) < 4.78 is 6.19. The fourth-order valence-corrected chi connectivity index (χ4v) is 5.55. The molecule has 3 amide bonds. The summed E-state index contributed by atoms with van der Waals surface area (Å²) in [6.07, 6.45) is 2.97. The van der Waals surface area contributed by atoms with Crippen LogP contribution in [-0.4, -0.2) is 54.5 Å². The molecule has 1 aliphatic heterocycles. The van der Waals surface area contributed by atoms with Crippen LogP contribution in [0.2, 0.25) is 0 Å². The quantitative estimate of drug-likeness (QED) is 0.625. The van der Waals surface area contributed by atoms with Crippen molar-refractivity contribution in [2.75, 3.05) is 31.6 Å². The molecule has 2 aromatic rings. The van der Waals surface area contributed by atoms with Crippen LogP contribution in [0.1, 0.15) is 51.3 Å². The zero-order valence-corrected chi connectivity index (χ0v) is 20.3. The molecule has 1 aromatic carbocycles. The van der Waals surface area contributed by atoms with Gasteiger partial charge in [0.2, 0.25) is 5.91 Å². The maximum atomic E-state index is 13.3. The van der Waals surface area contributed by atoms with Crippen molar-refractivity contribution in [1.29, 1.82) is 0 Å². The number of thiophene rings is 1. The lowest BCUT2D eigenvalue weighted by molar-refractivity contribution is -0.122. The van der Waals surface area contributed by atoms with Crippen LogP contribution in [-0.2, 0) is 9.53 Å². The summed E-state index contributed by atoms with van der Waals surface area (Å²) in [7, 11) is 0. The summed E-state index contributed by atoms with van der Waals surface area (Å²) in [5.74, 6) is -0.476. The van der Waals surface area contributed by atoms with Crippen LogP contribution in [0.25, 0.3) is 0 Å². The van der Waals surface area contributed by atoms with Crippen LogP contribution in [0, 0.1) is 6.92 Å². The SMILES string of the molecule is Cc1cc(NC(=O)C2(NC(=O)c3ccc(Br)s3)CCCC2)ccc1C(=O)N1CCOCC1. The van der Waals surface area contributed by atoms with Gasteiger partial charge in [-0.1, -0.05) is 12.8 Å². The lowest BCUT2D eigenvalue weighted by Crippen LogP contribution is -2.54. The molecule has 1 saturated carbocycles. The molecule has 0 bridgehead atoms. The first-order chi connectivity index (χ1) is 15.4. The predicted molar refractivity (Wildman–Crippen MR) is 127 cm³/mol. The fraction of sp³-hybridized carbons (Fsp3) is 0.435. The maximum absolute atomic E-state index is 13.3. The zero-order valence-electron chi connectivity index (χ0n) is 17.9. The van der Waals surface area contributed by atoms with E-state index in [1.54, 1.807) is 23.1 Å². The first kappa shape index (κ1) is 22.9. The van der Waals surface area contributed by atoms with E-state index < -0.39 is 5.54 Å². The van der Waals surface area contributed by atoms with Gasteiger partial charge in [0, 0.05) is 24.3 Å². The average molecular weight is 520 g/mol. The second-order valence-corrected chi connectivity index (χ2v) is 10.7. The van der Waals surface area contributed by atoms with Gasteiger partial charge in [-0.25, -0.2) is 0 Å². The molecule has 2 fully saturated rings. The van der Waals surface area contributed by atoms with Gasteiger partial charge in [-0.15, -0.1) is 11.3 Å². The van der Waals surface area contributed by atoms with Crippen molar-refractivity contribution in [3.05, 3.63) is 50.1 Å². The minimum Gasteiger partial charge on any atom is -0.378 e. The number of anilines is 1. The Kier molecular flexibility index (Phi) is 6.97. The second-order valence-electron chi connectivity index (χ2n) is 8.24. The Morgan fingerprint density at radius 1 is 1.09 bits per heavy atom. The molecule has 0 unspecified atom stereocenters. The number of carbonyl (C=O) groups excluding carboxylic acids is 3. The number of ether oxygens (including phenoxy) is 1. The van der Waals surface area contributed by atoms with Gasteiger partial charge in [0.05, 0.1) is 21.9 Å². The Bertz CT molecular complexity index is 1030. The number of nitrogens with zero attached hydrogens (tertiary/aromatic N) is 1. The third-order valence-corrected chi connectivity index (χ3v) is 7.68. The van der Waals surface area contributed by atoms with E-state index in [-0.39, 0.29) is 17.7 Å². The van der Waals surface area contributed by atoms with E-state index in [0.29, 0.717) is 55.3 Å². The zero-order chi connectivity index (χ0) is 22.7. The third-order valence-electron chi connectivity index (χ3n) is 6.05. The first-order valence-electron chi connectivity index (χ1n) is 10.7.